The summed E-state index contributed by atoms with van der Waals surface area (Å²) in [5.41, 5.74) is 6.50. The zero-order valence-corrected chi connectivity index (χ0v) is 12.9. The fourth-order valence-corrected chi connectivity index (χ4v) is 2.79. The van der Waals surface area contributed by atoms with Crippen molar-refractivity contribution in [1.82, 2.24) is 19.9 Å². The molecule has 22 heavy (non-hydrogen) atoms. The summed E-state index contributed by atoms with van der Waals surface area (Å²) in [6, 6.07) is 12.7. The number of hydrogen-bond donors (Lipinski definition) is 2. The van der Waals surface area contributed by atoms with Crippen molar-refractivity contribution >= 4 is 22.1 Å². The van der Waals surface area contributed by atoms with E-state index in [9.17, 15) is 0 Å². The molecule has 0 radical (unpaired) electrons. The van der Waals surface area contributed by atoms with Crippen LogP contribution in [0.3, 0.4) is 0 Å². The van der Waals surface area contributed by atoms with Crippen LogP contribution in [0.1, 0.15) is 31.4 Å². The third kappa shape index (κ3) is 2.08. The molecule has 0 aliphatic rings. The van der Waals surface area contributed by atoms with Crippen LogP contribution in [-0.2, 0) is 0 Å². The van der Waals surface area contributed by atoms with Gasteiger partial charge >= 0.3 is 0 Å². The Balaban J connectivity index is 1.84. The highest BCUT2D eigenvalue weighted by atomic mass is 14.9. The number of rotatable bonds is 2. The van der Waals surface area contributed by atoms with Gasteiger partial charge in [0.05, 0.1) is 22.1 Å². The van der Waals surface area contributed by atoms with Crippen LogP contribution in [0.25, 0.3) is 33.2 Å². The summed E-state index contributed by atoms with van der Waals surface area (Å²) in [5.74, 6) is 2.38. The van der Waals surface area contributed by atoms with E-state index in [2.05, 4.69) is 70.2 Å². The molecule has 0 amide bonds. The molecule has 0 fully saturated rings. The third-order valence-corrected chi connectivity index (χ3v) is 3.98. The molecule has 2 aromatic carbocycles. The van der Waals surface area contributed by atoms with Crippen LogP contribution in [0.5, 0.6) is 0 Å². The highest BCUT2D eigenvalue weighted by Crippen LogP contribution is 2.27. The molecule has 4 rings (SSSR count). The van der Waals surface area contributed by atoms with Crippen molar-refractivity contribution in [2.45, 2.75) is 26.7 Å². The topological polar surface area (TPSA) is 57.4 Å². The van der Waals surface area contributed by atoms with E-state index in [1.807, 2.05) is 6.92 Å². The molecular formula is C18H18N4. The van der Waals surface area contributed by atoms with Gasteiger partial charge in [-0.25, -0.2) is 9.97 Å². The van der Waals surface area contributed by atoms with Crippen LogP contribution in [-0.4, -0.2) is 19.9 Å². The lowest BCUT2D eigenvalue weighted by Gasteiger charge is -2.01. The number of aryl methyl sites for hydroxylation is 1. The first-order valence-electron chi connectivity index (χ1n) is 7.56. The molecular weight excluding hydrogens is 272 g/mol. The molecule has 2 N–H and O–H groups in total. The Bertz CT molecular complexity index is 975. The molecule has 0 aliphatic heterocycles. The molecule has 4 nitrogen and oxygen atoms in total. The Morgan fingerprint density at radius 1 is 0.818 bits per heavy atom. The minimum absolute atomic E-state index is 0.402. The first kappa shape index (κ1) is 13.1. The Morgan fingerprint density at radius 2 is 1.41 bits per heavy atom. The van der Waals surface area contributed by atoms with Gasteiger partial charge in [0.1, 0.15) is 11.6 Å². The summed E-state index contributed by atoms with van der Waals surface area (Å²) >= 11 is 0. The Morgan fingerprint density at radius 3 is 2.05 bits per heavy atom. The zero-order chi connectivity index (χ0) is 15.3. The molecule has 110 valence electrons. The van der Waals surface area contributed by atoms with Crippen molar-refractivity contribution in [2.75, 3.05) is 0 Å². The summed E-state index contributed by atoms with van der Waals surface area (Å²) in [5, 5.41) is 0. The van der Waals surface area contributed by atoms with Crippen LogP contribution in [0.15, 0.2) is 36.4 Å². The van der Waals surface area contributed by atoms with Crippen molar-refractivity contribution in [2.24, 2.45) is 0 Å². The summed E-state index contributed by atoms with van der Waals surface area (Å²) in [7, 11) is 0. The highest BCUT2D eigenvalue weighted by Gasteiger charge is 2.08. The Kier molecular flexibility index (Phi) is 2.79. The van der Waals surface area contributed by atoms with Crippen LogP contribution in [0.4, 0.5) is 0 Å². The Hall–Kier alpha value is -2.62. The highest BCUT2D eigenvalue weighted by molar-refractivity contribution is 5.86. The number of imidazole rings is 2. The summed E-state index contributed by atoms with van der Waals surface area (Å²) in [4.78, 5) is 15.8. The number of hydrogen-bond acceptors (Lipinski definition) is 2. The number of aromatic nitrogens is 4. The largest absolute Gasteiger partial charge is 0.342 e. The minimum Gasteiger partial charge on any atom is -0.342 e. The zero-order valence-electron chi connectivity index (χ0n) is 12.9. The van der Waals surface area contributed by atoms with Crippen molar-refractivity contribution in [3.8, 4) is 11.1 Å². The molecule has 0 unspecified atom stereocenters. The lowest BCUT2D eigenvalue weighted by molar-refractivity contribution is 0.799. The van der Waals surface area contributed by atoms with Gasteiger partial charge in [-0.3, -0.25) is 0 Å². The maximum absolute atomic E-state index is 4.69. The maximum Gasteiger partial charge on any atom is 0.109 e. The lowest BCUT2D eigenvalue weighted by atomic mass is 10.0. The SMILES string of the molecule is Cc1nc2cc(-c3ccc4[nH]c(C(C)C)nc4c3)ccc2[nH]1. The van der Waals surface area contributed by atoms with Gasteiger partial charge in [-0.2, -0.15) is 0 Å². The summed E-state index contributed by atoms with van der Waals surface area (Å²) in [6.45, 7) is 6.27. The molecule has 0 bridgehead atoms. The number of nitrogens with zero attached hydrogens (tertiary/aromatic N) is 2. The molecule has 2 heterocycles. The second-order valence-corrected chi connectivity index (χ2v) is 6.06. The second kappa shape index (κ2) is 4.70. The fourth-order valence-electron chi connectivity index (χ4n) is 2.79. The summed E-state index contributed by atoms with van der Waals surface area (Å²) in [6.07, 6.45) is 0. The minimum atomic E-state index is 0.402. The van der Waals surface area contributed by atoms with Gasteiger partial charge in [-0.05, 0) is 42.3 Å². The lowest BCUT2D eigenvalue weighted by Crippen LogP contribution is -1.88. The van der Waals surface area contributed by atoms with Gasteiger partial charge < -0.3 is 9.97 Å². The Labute approximate surface area is 128 Å². The van der Waals surface area contributed by atoms with Crippen LogP contribution in [0.2, 0.25) is 0 Å². The normalized spacial score (nSPS) is 11.8. The van der Waals surface area contributed by atoms with E-state index in [0.717, 1.165) is 44.8 Å². The molecule has 4 heteroatoms. The average molecular weight is 290 g/mol. The number of benzene rings is 2. The molecule has 0 spiro atoms. The van der Waals surface area contributed by atoms with Gasteiger partial charge in [0.15, 0.2) is 0 Å². The first-order valence-corrected chi connectivity index (χ1v) is 7.56. The average Bonchev–Trinajstić information content (AvgIpc) is 3.07. The van der Waals surface area contributed by atoms with E-state index in [1.54, 1.807) is 0 Å². The van der Waals surface area contributed by atoms with E-state index in [0.29, 0.717) is 5.92 Å². The van der Waals surface area contributed by atoms with E-state index in [1.165, 1.54) is 0 Å². The van der Waals surface area contributed by atoms with Crippen LogP contribution < -0.4 is 0 Å². The summed E-state index contributed by atoms with van der Waals surface area (Å²) < 4.78 is 0. The molecule has 0 saturated carbocycles. The third-order valence-electron chi connectivity index (χ3n) is 3.98. The second-order valence-electron chi connectivity index (χ2n) is 6.06. The first-order chi connectivity index (χ1) is 10.6. The number of fused-ring (bicyclic) bond motifs is 2. The van der Waals surface area contributed by atoms with Gasteiger partial charge in [0.25, 0.3) is 0 Å². The molecule has 2 aromatic heterocycles. The van der Waals surface area contributed by atoms with Gasteiger partial charge in [-0.1, -0.05) is 26.0 Å². The molecule has 0 aliphatic carbocycles. The number of H-pyrrole nitrogens is 2. The predicted molar refractivity (Wildman–Crippen MR) is 90.0 cm³/mol. The molecule has 4 aromatic rings. The van der Waals surface area contributed by atoms with E-state index >= 15 is 0 Å². The van der Waals surface area contributed by atoms with Crippen molar-refractivity contribution in [3.63, 3.8) is 0 Å². The monoisotopic (exact) mass is 290 g/mol. The predicted octanol–water partition coefficient (Wildman–Crippen LogP) is 4.54. The fraction of sp³-hybridized carbons (Fsp3) is 0.222. The van der Waals surface area contributed by atoms with Crippen molar-refractivity contribution < 1.29 is 0 Å². The van der Waals surface area contributed by atoms with Gasteiger partial charge in [0.2, 0.25) is 0 Å². The van der Waals surface area contributed by atoms with Crippen molar-refractivity contribution in [1.29, 1.82) is 0 Å². The van der Waals surface area contributed by atoms with Gasteiger partial charge in [-0.15, -0.1) is 0 Å². The molecule has 0 atom stereocenters. The smallest absolute Gasteiger partial charge is 0.109 e. The van der Waals surface area contributed by atoms with Crippen LogP contribution in [0, 0.1) is 6.92 Å². The van der Waals surface area contributed by atoms with E-state index in [-0.39, 0.29) is 0 Å². The van der Waals surface area contributed by atoms with E-state index < -0.39 is 0 Å². The maximum atomic E-state index is 4.69. The quantitative estimate of drug-likeness (QED) is 0.569. The van der Waals surface area contributed by atoms with E-state index in [4.69, 9.17) is 0 Å². The van der Waals surface area contributed by atoms with Crippen molar-refractivity contribution in [3.05, 3.63) is 48.0 Å². The standard InChI is InChI=1S/C18H18N4/c1-10(2)18-21-15-7-5-13(9-17(15)22-18)12-4-6-14-16(8-12)20-11(3)19-14/h4-10H,1-3H3,(H,19,20)(H,21,22). The van der Waals surface area contributed by atoms with Gasteiger partial charge in [0, 0.05) is 5.92 Å². The number of aromatic amines is 2. The van der Waals surface area contributed by atoms with Crippen LogP contribution >= 0.6 is 0 Å². The molecule has 0 saturated heterocycles. The number of nitrogens with one attached hydrogen (secondary N) is 2.